The van der Waals surface area contributed by atoms with Gasteiger partial charge in [-0.1, -0.05) is 33.8 Å². The Morgan fingerprint density at radius 2 is 1.95 bits per heavy atom. The van der Waals surface area contributed by atoms with Crippen LogP contribution in [0.4, 0.5) is 0 Å². The van der Waals surface area contributed by atoms with Crippen molar-refractivity contribution in [2.75, 3.05) is 0 Å². The van der Waals surface area contributed by atoms with E-state index >= 15 is 0 Å². The van der Waals surface area contributed by atoms with E-state index in [9.17, 15) is 9.59 Å². The van der Waals surface area contributed by atoms with E-state index in [0.29, 0.717) is 11.6 Å². The van der Waals surface area contributed by atoms with Crippen molar-refractivity contribution in [1.29, 1.82) is 0 Å². The van der Waals surface area contributed by atoms with Crippen molar-refractivity contribution in [2.45, 2.75) is 40.5 Å². The fraction of sp³-hybridized carbons (Fsp3) is 0.500. The molecule has 1 N–H and O–H groups in total. The quantitative estimate of drug-likeness (QED) is 0.867. The lowest BCUT2D eigenvalue weighted by molar-refractivity contribution is -0.121. The molecule has 4 nitrogen and oxygen atoms in total. The Bertz CT molecular complexity index is 590. The van der Waals surface area contributed by atoms with Gasteiger partial charge in [-0.3, -0.25) is 9.59 Å². The van der Waals surface area contributed by atoms with Crippen LogP contribution in [0.3, 0.4) is 0 Å². The van der Waals surface area contributed by atoms with E-state index in [4.69, 9.17) is 0 Å². The van der Waals surface area contributed by atoms with Crippen molar-refractivity contribution in [3.05, 3.63) is 35.6 Å². The van der Waals surface area contributed by atoms with Crippen LogP contribution in [0.5, 0.6) is 0 Å². The minimum atomic E-state index is -0.104. The molecule has 0 saturated carbocycles. The van der Waals surface area contributed by atoms with E-state index in [2.05, 4.69) is 24.2 Å². The predicted octanol–water partition coefficient (Wildman–Crippen LogP) is 3.17. The topological polar surface area (TPSA) is 58.5 Å². The summed E-state index contributed by atoms with van der Waals surface area (Å²) in [5, 5.41) is 2.87. The predicted molar refractivity (Wildman–Crippen MR) is 88.3 cm³/mol. The van der Waals surface area contributed by atoms with Crippen LogP contribution in [0.2, 0.25) is 0 Å². The van der Waals surface area contributed by atoms with E-state index < -0.39 is 0 Å². The van der Waals surface area contributed by atoms with Crippen molar-refractivity contribution in [2.24, 2.45) is 22.7 Å². The molecule has 1 unspecified atom stereocenters. The summed E-state index contributed by atoms with van der Waals surface area (Å²) in [7, 11) is 0. The minimum Gasteiger partial charge on any atom is -0.325 e. The van der Waals surface area contributed by atoms with Crippen LogP contribution in [-0.4, -0.2) is 17.5 Å². The Hall–Kier alpha value is -1.97. The zero-order valence-electron chi connectivity index (χ0n) is 13.7. The first-order valence-corrected chi connectivity index (χ1v) is 8.01. The lowest BCUT2D eigenvalue weighted by Gasteiger charge is -2.29. The van der Waals surface area contributed by atoms with E-state index in [1.807, 2.05) is 32.1 Å². The second kappa shape index (κ2) is 6.86. The van der Waals surface area contributed by atoms with Gasteiger partial charge in [-0.25, -0.2) is 4.99 Å². The van der Waals surface area contributed by atoms with Crippen LogP contribution < -0.4 is 5.32 Å². The summed E-state index contributed by atoms with van der Waals surface area (Å²) in [6.45, 7) is 8.16. The number of rotatable bonds is 4. The van der Waals surface area contributed by atoms with Gasteiger partial charge in [0.15, 0.2) is 0 Å². The molecule has 0 radical (unpaired) electrons. The second-order valence-corrected chi connectivity index (χ2v) is 6.11. The lowest BCUT2D eigenvalue weighted by atomic mass is 9.82. The molecule has 118 valence electrons. The van der Waals surface area contributed by atoms with Gasteiger partial charge in [-0.2, -0.15) is 0 Å². The summed E-state index contributed by atoms with van der Waals surface area (Å²) in [5.41, 5.74) is 2.53. The van der Waals surface area contributed by atoms with Gasteiger partial charge in [-0.15, -0.1) is 0 Å². The Balaban J connectivity index is 2.26. The van der Waals surface area contributed by atoms with Crippen molar-refractivity contribution in [3.63, 3.8) is 0 Å². The third kappa shape index (κ3) is 3.43. The molecular weight excluding hydrogens is 276 g/mol. The van der Waals surface area contributed by atoms with Crippen LogP contribution in [0.25, 0.3) is 0 Å². The summed E-state index contributed by atoms with van der Waals surface area (Å²) in [5.74, 6) is 0.173. The molecule has 0 aromatic heterocycles. The second-order valence-electron chi connectivity index (χ2n) is 6.11. The van der Waals surface area contributed by atoms with Crippen molar-refractivity contribution >= 4 is 17.5 Å². The number of nitrogens with zero attached hydrogens (tertiary/aromatic N) is 1. The first kappa shape index (κ1) is 16.4. The number of carbonyl (C=O) groups excluding carboxylic acids is 2. The molecular formula is C18H24N2O2. The number of aliphatic imine (C=N–C) groups is 1. The van der Waals surface area contributed by atoms with Gasteiger partial charge in [0.2, 0.25) is 11.8 Å². The fourth-order valence-corrected chi connectivity index (χ4v) is 2.87. The zero-order valence-corrected chi connectivity index (χ0v) is 13.7. The van der Waals surface area contributed by atoms with Gasteiger partial charge < -0.3 is 5.32 Å². The molecule has 1 aliphatic carbocycles. The van der Waals surface area contributed by atoms with E-state index in [0.717, 1.165) is 24.1 Å². The highest BCUT2D eigenvalue weighted by molar-refractivity contribution is 6.11. The molecule has 0 fully saturated rings. The van der Waals surface area contributed by atoms with Gasteiger partial charge in [0.1, 0.15) is 0 Å². The maximum absolute atomic E-state index is 12.1. The smallest absolute Gasteiger partial charge is 0.249 e. The number of amides is 2. The number of fused-ring (bicyclic) bond motifs is 1. The number of nitrogens with one attached hydrogen (secondary N) is 1. The third-order valence-corrected chi connectivity index (χ3v) is 4.26. The largest absolute Gasteiger partial charge is 0.325 e. The summed E-state index contributed by atoms with van der Waals surface area (Å²) < 4.78 is 0. The first-order valence-electron chi connectivity index (χ1n) is 8.01. The van der Waals surface area contributed by atoms with Crippen LogP contribution in [0.15, 0.2) is 40.6 Å². The molecule has 0 aromatic rings. The highest BCUT2D eigenvalue weighted by Crippen LogP contribution is 2.31. The number of allylic oxidation sites excluding steroid dienone is 3. The van der Waals surface area contributed by atoms with E-state index in [1.165, 1.54) is 0 Å². The Morgan fingerprint density at radius 3 is 2.55 bits per heavy atom. The van der Waals surface area contributed by atoms with Gasteiger partial charge in [0.25, 0.3) is 0 Å². The van der Waals surface area contributed by atoms with Crippen molar-refractivity contribution in [1.82, 2.24) is 5.32 Å². The molecule has 0 aromatic carbocycles. The molecule has 22 heavy (non-hydrogen) atoms. The lowest BCUT2D eigenvalue weighted by Crippen LogP contribution is -2.34. The molecule has 2 rings (SSSR count). The molecule has 2 aliphatic rings. The van der Waals surface area contributed by atoms with Crippen molar-refractivity contribution in [3.8, 4) is 0 Å². The average Bonchev–Trinajstić information content (AvgIpc) is 2.47. The van der Waals surface area contributed by atoms with Gasteiger partial charge in [0.05, 0.1) is 5.71 Å². The summed E-state index contributed by atoms with van der Waals surface area (Å²) in [4.78, 5) is 28.1. The Kier molecular flexibility index (Phi) is 5.11. The van der Waals surface area contributed by atoms with Crippen LogP contribution in [-0.2, 0) is 9.59 Å². The SMILES string of the molecule is CCC(CC)C(=O)N=C1C=CC2C(=C1)NC(=O)C=C2C(C)C. The molecule has 4 heteroatoms. The van der Waals surface area contributed by atoms with E-state index in [1.54, 1.807) is 6.08 Å². The summed E-state index contributed by atoms with van der Waals surface area (Å²) in [6.07, 6.45) is 8.98. The maximum Gasteiger partial charge on any atom is 0.249 e. The first-order chi connectivity index (χ1) is 10.5. The van der Waals surface area contributed by atoms with Gasteiger partial charge in [0, 0.05) is 23.6 Å². The van der Waals surface area contributed by atoms with Gasteiger partial charge in [-0.05, 0) is 36.5 Å². The minimum absolute atomic E-state index is 0.0240. The molecule has 2 amide bonds. The van der Waals surface area contributed by atoms with Gasteiger partial charge >= 0.3 is 0 Å². The molecule has 1 aliphatic heterocycles. The molecule has 0 spiro atoms. The summed E-state index contributed by atoms with van der Waals surface area (Å²) >= 11 is 0. The Morgan fingerprint density at radius 1 is 1.27 bits per heavy atom. The number of hydrogen-bond acceptors (Lipinski definition) is 2. The fourth-order valence-electron chi connectivity index (χ4n) is 2.87. The van der Waals surface area contributed by atoms with Crippen molar-refractivity contribution < 1.29 is 9.59 Å². The summed E-state index contributed by atoms with van der Waals surface area (Å²) in [6, 6.07) is 0. The third-order valence-electron chi connectivity index (χ3n) is 4.26. The maximum atomic E-state index is 12.1. The van der Waals surface area contributed by atoms with Crippen LogP contribution >= 0.6 is 0 Å². The normalized spacial score (nSPS) is 22.5. The number of hydrogen-bond donors (Lipinski definition) is 1. The molecule has 0 saturated heterocycles. The zero-order chi connectivity index (χ0) is 16.3. The standard InChI is InChI=1S/C18H24N2O2/c1-5-12(6-2)18(22)19-13-7-8-14-15(11(3)4)10-17(21)20-16(14)9-13/h7-12,14H,5-6H2,1-4H3,(H,20,21). The highest BCUT2D eigenvalue weighted by Gasteiger charge is 2.28. The van der Waals surface area contributed by atoms with Crippen LogP contribution in [0.1, 0.15) is 40.5 Å². The van der Waals surface area contributed by atoms with Crippen LogP contribution in [0, 0.1) is 17.8 Å². The molecule has 1 heterocycles. The monoisotopic (exact) mass is 300 g/mol. The number of carbonyl (C=O) groups is 2. The molecule has 0 bridgehead atoms. The van der Waals surface area contributed by atoms with E-state index in [-0.39, 0.29) is 23.7 Å². The highest BCUT2D eigenvalue weighted by atomic mass is 16.2. The average molecular weight is 300 g/mol. The Labute approximate surface area is 132 Å². The molecule has 1 atom stereocenters.